The number of Topliss-reactive ketones (excluding diaryl/α,β-unsaturated/α-hetero) is 1. The Bertz CT molecular complexity index is 538. The molecule has 4 aliphatic carbocycles. The minimum atomic E-state index is -0.0731. The Hall–Kier alpha value is -0.630. The van der Waals surface area contributed by atoms with Crippen LogP contribution < -0.4 is 0 Å². The first-order valence-electron chi connectivity index (χ1n) is 9.74. The van der Waals surface area contributed by atoms with Gasteiger partial charge in [0.1, 0.15) is 5.78 Å². The van der Waals surface area contributed by atoms with E-state index in [1.54, 1.807) is 6.92 Å². The van der Waals surface area contributed by atoms with Gasteiger partial charge >= 0.3 is 0 Å². The maximum Gasteiger partial charge on any atom is 0.133 e. The molecule has 128 valence electrons. The van der Waals surface area contributed by atoms with E-state index in [4.69, 9.17) is 0 Å². The van der Waals surface area contributed by atoms with E-state index >= 15 is 0 Å². The van der Waals surface area contributed by atoms with Crippen LogP contribution in [0.5, 0.6) is 0 Å². The number of rotatable bonds is 1. The Morgan fingerprint density at radius 2 is 1.91 bits per heavy atom. The van der Waals surface area contributed by atoms with Gasteiger partial charge in [0.2, 0.25) is 0 Å². The third kappa shape index (κ3) is 2.13. The fourth-order valence-corrected chi connectivity index (χ4v) is 7.25. The highest BCUT2D eigenvalue weighted by molar-refractivity contribution is 5.80. The number of aliphatic hydroxyl groups excluding tert-OH is 1. The topological polar surface area (TPSA) is 37.3 Å². The highest BCUT2D eigenvalue weighted by Crippen LogP contribution is 2.65. The number of hydrogen-bond acceptors (Lipinski definition) is 2. The molecule has 8 atom stereocenters. The molecule has 3 saturated carbocycles. The lowest BCUT2D eigenvalue weighted by atomic mass is 9.46. The Labute approximate surface area is 140 Å². The quantitative estimate of drug-likeness (QED) is 0.729. The van der Waals surface area contributed by atoms with Crippen LogP contribution in [0, 0.1) is 40.4 Å². The molecular formula is C21H32O2. The van der Waals surface area contributed by atoms with Crippen molar-refractivity contribution in [1.82, 2.24) is 0 Å². The third-order valence-corrected chi connectivity index (χ3v) is 8.56. The van der Waals surface area contributed by atoms with Crippen LogP contribution in [0.15, 0.2) is 12.2 Å². The van der Waals surface area contributed by atoms with Crippen molar-refractivity contribution in [3.05, 3.63) is 12.2 Å². The summed E-state index contributed by atoms with van der Waals surface area (Å²) < 4.78 is 0. The summed E-state index contributed by atoms with van der Waals surface area (Å²) in [5.74, 6) is 3.42. The van der Waals surface area contributed by atoms with Gasteiger partial charge in [0, 0.05) is 5.92 Å². The maximum absolute atomic E-state index is 12.1. The summed E-state index contributed by atoms with van der Waals surface area (Å²) in [5, 5.41) is 10.1. The summed E-state index contributed by atoms with van der Waals surface area (Å²) >= 11 is 0. The zero-order valence-electron chi connectivity index (χ0n) is 14.9. The van der Waals surface area contributed by atoms with Gasteiger partial charge in [-0.3, -0.25) is 4.79 Å². The van der Waals surface area contributed by atoms with Gasteiger partial charge in [-0.25, -0.2) is 0 Å². The van der Waals surface area contributed by atoms with Crippen LogP contribution in [0.2, 0.25) is 0 Å². The van der Waals surface area contributed by atoms with E-state index in [0.717, 1.165) is 25.2 Å². The molecule has 0 aromatic carbocycles. The number of carbonyl (C=O) groups is 1. The SMILES string of the molecule is CC(=O)[C@H]1CC[C@H]2[C@@H]3CC[C@@H]4C[C@H](O)CC[C@]4(C)[C@H]3C=C[C@]12C. The Morgan fingerprint density at radius 1 is 1.13 bits per heavy atom. The Morgan fingerprint density at radius 3 is 2.65 bits per heavy atom. The summed E-state index contributed by atoms with van der Waals surface area (Å²) in [6.45, 7) is 6.63. The van der Waals surface area contributed by atoms with Gasteiger partial charge in [-0.05, 0) is 86.4 Å². The Kier molecular flexibility index (Phi) is 3.58. The van der Waals surface area contributed by atoms with Gasteiger partial charge in [-0.2, -0.15) is 0 Å². The van der Waals surface area contributed by atoms with Crippen molar-refractivity contribution in [2.24, 2.45) is 40.4 Å². The smallest absolute Gasteiger partial charge is 0.133 e. The van der Waals surface area contributed by atoms with E-state index in [0.29, 0.717) is 29.0 Å². The lowest BCUT2D eigenvalue weighted by Gasteiger charge is -2.58. The molecule has 0 saturated heterocycles. The first kappa shape index (κ1) is 15.9. The number of fused-ring (bicyclic) bond motifs is 5. The second-order valence-corrected chi connectivity index (χ2v) is 9.47. The van der Waals surface area contributed by atoms with Crippen LogP contribution in [0.25, 0.3) is 0 Å². The number of carbonyl (C=O) groups excluding carboxylic acids is 1. The van der Waals surface area contributed by atoms with Crippen LogP contribution in [0.1, 0.15) is 65.7 Å². The van der Waals surface area contributed by atoms with Gasteiger partial charge in [-0.1, -0.05) is 26.0 Å². The highest BCUT2D eigenvalue weighted by Gasteiger charge is 2.58. The predicted molar refractivity (Wildman–Crippen MR) is 91.8 cm³/mol. The molecular weight excluding hydrogens is 284 g/mol. The van der Waals surface area contributed by atoms with Crippen LogP contribution in [0.4, 0.5) is 0 Å². The van der Waals surface area contributed by atoms with Crippen molar-refractivity contribution in [3.63, 3.8) is 0 Å². The summed E-state index contributed by atoms with van der Waals surface area (Å²) in [6.07, 6.45) is 12.9. The van der Waals surface area contributed by atoms with Gasteiger partial charge < -0.3 is 5.11 Å². The fraction of sp³-hybridized carbons (Fsp3) is 0.857. The molecule has 23 heavy (non-hydrogen) atoms. The van der Waals surface area contributed by atoms with Crippen molar-refractivity contribution in [2.75, 3.05) is 0 Å². The zero-order chi connectivity index (χ0) is 16.4. The summed E-state index contributed by atoms with van der Waals surface area (Å²) in [5.41, 5.74) is 0.471. The molecule has 0 heterocycles. The molecule has 4 aliphatic rings. The highest BCUT2D eigenvalue weighted by atomic mass is 16.3. The monoisotopic (exact) mass is 316 g/mol. The average molecular weight is 316 g/mol. The largest absolute Gasteiger partial charge is 0.393 e. The van der Waals surface area contributed by atoms with E-state index < -0.39 is 0 Å². The molecule has 3 fully saturated rings. The van der Waals surface area contributed by atoms with E-state index in [2.05, 4.69) is 26.0 Å². The molecule has 0 aromatic heterocycles. The van der Waals surface area contributed by atoms with Crippen molar-refractivity contribution >= 4 is 5.78 Å². The molecule has 2 heteroatoms. The predicted octanol–water partition coefficient (Wildman–Crippen LogP) is 4.37. The van der Waals surface area contributed by atoms with Crippen LogP contribution >= 0.6 is 0 Å². The lowest BCUT2D eigenvalue weighted by Crippen LogP contribution is -2.52. The van der Waals surface area contributed by atoms with Gasteiger partial charge in [-0.15, -0.1) is 0 Å². The first-order valence-corrected chi connectivity index (χ1v) is 9.74. The third-order valence-electron chi connectivity index (χ3n) is 8.56. The van der Waals surface area contributed by atoms with Crippen molar-refractivity contribution < 1.29 is 9.90 Å². The first-order chi connectivity index (χ1) is 10.9. The van der Waals surface area contributed by atoms with E-state index in [1.165, 1.54) is 25.7 Å². The maximum atomic E-state index is 12.1. The molecule has 0 aliphatic heterocycles. The van der Waals surface area contributed by atoms with Crippen LogP contribution in [0.3, 0.4) is 0 Å². The average Bonchev–Trinajstić information content (AvgIpc) is 2.85. The molecule has 0 radical (unpaired) electrons. The fourth-order valence-electron chi connectivity index (χ4n) is 7.25. The number of aliphatic hydroxyl groups is 1. The molecule has 4 rings (SSSR count). The number of hydrogen-bond donors (Lipinski definition) is 1. The number of allylic oxidation sites excluding steroid dienone is 2. The molecule has 2 nitrogen and oxygen atoms in total. The summed E-state index contributed by atoms with van der Waals surface area (Å²) in [4.78, 5) is 12.1. The standard InChI is InChI=1S/C21H32O2/c1-13(22)17-6-7-18-16-5-4-14-12-15(23)8-10-20(14,2)19(16)9-11-21(17,18)3/h9,11,14-19,23H,4-8,10,12H2,1-3H3/t14-,15-,16+,17-,18+,19+,20+,21-/m1/s1. The van der Waals surface area contributed by atoms with Crippen molar-refractivity contribution in [2.45, 2.75) is 71.8 Å². The molecule has 1 N–H and O–H groups in total. The Balaban J connectivity index is 1.68. The van der Waals surface area contributed by atoms with Gasteiger partial charge in [0.25, 0.3) is 0 Å². The van der Waals surface area contributed by atoms with E-state index in [9.17, 15) is 9.90 Å². The normalized spacial score (nSPS) is 55.0. The summed E-state index contributed by atoms with van der Waals surface area (Å²) in [7, 11) is 0. The molecule has 0 spiro atoms. The minimum Gasteiger partial charge on any atom is -0.393 e. The van der Waals surface area contributed by atoms with Crippen LogP contribution in [-0.2, 0) is 4.79 Å². The number of ketones is 1. The van der Waals surface area contributed by atoms with E-state index in [1.807, 2.05) is 0 Å². The van der Waals surface area contributed by atoms with E-state index in [-0.39, 0.29) is 17.4 Å². The van der Waals surface area contributed by atoms with Gasteiger partial charge in [0.05, 0.1) is 6.10 Å². The molecule has 0 amide bonds. The lowest BCUT2D eigenvalue weighted by molar-refractivity contribution is -0.124. The van der Waals surface area contributed by atoms with Gasteiger partial charge in [0.15, 0.2) is 0 Å². The molecule has 0 aromatic rings. The second-order valence-electron chi connectivity index (χ2n) is 9.47. The second kappa shape index (κ2) is 5.18. The molecule has 0 unspecified atom stereocenters. The summed E-state index contributed by atoms with van der Waals surface area (Å²) in [6, 6.07) is 0. The van der Waals surface area contributed by atoms with Crippen molar-refractivity contribution in [1.29, 1.82) is 0 Å². The minimum absolute atomic E-state index is 0.0731. The zero-order valence-corrected chi connectivity index (χ0v) is 14.9. The van der Waals surface area contributed by atoms with Crippen LogP contribution in [-0.4, -0.2) is 17.0 Å². The molecule has 0 bridgehead atoms. The van der Waals surface area contributed by atoms with Crippen molar-refractivity contribution in [3.8, 4) is 0 Å².